The Morgan fingerprint density at radius 3 is 2.56 bits per heavy atom. The number of hydrogen-bond donors (Lipinski definition) is 2. The van der Waals surface area contributed by atoms with E-state index >= 15 is 0 Å². The van der Waals surface area contributed by atoms with E-state index in [1.54, 1.807) is 6.07 Å². The van der Waals surface area contributed by atoms with Crippen molar-refractivity contribution in [3.8, 4) is 11.2 Å². The largest absolute Gasteiger partial charge is 0.367 e. The first-order chi connectivity index (χ1) is 16.1. The molecule has 1 saturated carbocycles. The summed E-state index contributed by atoms with van der Waals surface area (Å²) in [7, 11) is -4.04. The maximum absolute atomic E-state index is 13.3. The number of alkyl halides is 2. The van der Waals surface area contributed by atoms with E-state index in [4.69, 9.17) is 0 Å². The molecule has 5 rings (SSSR count). The Hall–Kier alpha value is -2.73. The fourth-order valence-corrected chi connectivity index (χ4v) is 6.33. The van der Waals surface area contributed by atoms with Crippen molar-refractivity contribution in [2.24, 2.45) is 0 Å². The van der Waals surface area contributed by atoms with E-state index in [0.717, 1.165) is 0 Å². The van der Waals surface area contributed by atoms with Crippen molar-refractivity contribution < 1.29 is 17.2 Å². The lowest BCUT2D eigenvalue weighted by atomic mass is 10.1. The Labute approximate surface area is 198 Å². The van der Waals surface area contributed by atoms with Gasteiger partial charge in [-0.15, -0.1) is 10.2 Å². The number of hydrogen-bond acceptors (Lipinski definition) is 9. The van der Waals surface area contributed by atoms with Crippen LogP contribution in [-0.2, 0) is 10.0 Å². The number of nitrogens with zero attached hydrogens (tertiary/aromatic N) is 6. The summed E-state index contributed by atoms with van der Waals surface area (Å²) in [4.78, 5) is 6.52. The van der Waals surface area contributed by atoms with Gasteiger partial charge < -0.3 is 10.2 Å². The second kappa shape index (κ2) is 8.19. The van der Waals surface area contributed by atoms with Crippen LogP contribution in [0.2, 0.25) is 0 Å². The van der Waals surface area contributed by atoms with E-state index in [0.29, 0.717) is 54.0 Å². The lowest BCUT2D eigenvalue weighted by Crippen LogP contribution is -2.54. The number of fused-ring (bicyclic) bond motifs is 1. The molecule has 10 nitrogen and oxygen atoms in total. The molecule has 3 aromatic rings. The smallest absolute Gasteiger partial charge is 0.291 e. The van der Waals surface area contributed by atoms with Crippen LogP contribution in [0.1, 0.15) is 38.1 Å². The average molecular weight is 509 g/mol. The van der Waals surface area contributed by atoms with Gasteiger partial charge in [0.2, 0.25) is 15.2 Å². The molecule has 1 aromatic carbocycles. The fraction of sp³-hybridized carbons (Fsp3) is 0.500. The van der Waals surface area contributed by atoms with Crippen LogP contribution < -0.4 is 14.9 Å². The zero-order valence-corrected chi connectivity index (χ0v) is 20.0. The highest BCUT2D eigenvalue weighted by Gasteiger charge is 2.47. The number of nitrogens with one attached hydrogen (secondary N) is 2. The van der Waals surface area contributed by atoms with Crippen molar-refractivity contribution in [2.45, 2.75) is 55.6 Å². The lowest BCUT2D eigenvalue weighted by molar-refractivity contribution is 0.150. The molecule has 34 heavy (non-hydrogen) atoms. The van der Waals surface area contributed by atoms with Crippen LogP contribution in [-0.4, -0.2) is 58.9 Å². The fourth-order valence-electron chi connectivity index (χ4n) is 4.23. The molecule has 0 radical (unpaired) electrons. The van der Waals surface area contributed by atoms with Crippen LogP contribution in [0.15, 0.2) is 23.4 Å². The van der Waals surface area contributed by atoms with Crippen molar-refractivity contribution in [3.63, 3.8) is 0 Å². The topological polar surface area (TPSA) is 129 Å². The quantitative estimate of drug-likeness (QED) is 0.519. The molecule has 180 valence electrons. The molecule has 2 aromatic heterocycles. The Morgan fingerprint density at radius 1 is 1.26 bits per heavy atom. The third-order valence-corrected chi connectivity index (χ3v) is 8.38. The van der Waals surface area contributed by atoms with Gasteiger partial charge in [0.05, 0.1) is 22.2 Å². The Kier molecular flexibility index (Phi) is 5.55. The van der Waals surface area contributed by atoms with Crippen LogP contribution in [0.5, 0.6) is 0 Å². The Bertz CT molecular complexity index is 1380. The van der Waals surface area contributed by atoms with Crippen LogP contribution in [0.25, 0.3) is 16.2 Å². The number of benzene rings is 1. The first-order valence-corrected chi connectivity index (χ1v) is 13.0. The Balaban J connectivity index is 1.67. The van der Waals surface area contributed by atoms with Gasteiger partial charge in [-0.3, -0.25) is 4.57 Å². The van der Waals surface area contributed by atoms with Crippen LogP contribution in [0, 0.1) is 11.3 Å². The molecular formula is C20H22F2N8O2S2. The summed E-state index contributed by atoms with van der Waals surface area (Å²) in [6.45, 7) is 5.33. The van der Waals surface area contributed by atoms with E-state index in [2.05, 4.69) is 30.1 Å². The zero-order valence-electron chi connectivity index (χ0n) is 18.4. The van der Waals surface area contributed by atoms with Crippen molar-refractivity contribution in [1.82, 2.24) is 29.8 Å². The number of aromatic nitrogens is 4. The third-order valence-electron chi connectivity index (χ3n) is 5.93. The predicted octanol–water partition coefficient (Wildman–Crippen LogP) is 2.34. The van der Waals surface area contributed by atoms with Gasteiger partial charge in [0.15, 0.2) is 5.01 Å². The highest BCUT2D eigenvalue weighted by molar-refractivity contribution is 7.89. The molecule has 2 N–H and O–H groups in total. The maximum atomic E-state index is 13.3. The summed E-state index contributed by atoms with van der Waals surface area (Å²) < 4.78 is 56.7. The first kappa shape index (κ1) is 23.0. The number of sulfonamides is 1. The molecule has 2 fully saturated rings. The average Bonchev–Trinajstić information content (AvgIpc) is 3.18. The number of piperazine rings is 1. The molecule has 14 heteroatoms. The molecule has 0 amide bonds. The van der Waals surface area contributed by atoms with Gasteiger partial charge in [0.1, 0.15) is 17.4 Å². The number of anilines is 1. The normalized spacial score (nSPS) is 22.3. The minimum absolute atomic E-state index is 0.0317. The van der Waals surface area contributed by atoms with Gasteiger partial charge in [-0.05, 0) is 38.8 Å². The van der Waals surface area contributed by atoms with Gasteiger partial charge in [0, 0.05) is 25.2 Å². The molecule has 3 heterocycles. The van der Waals surface area contributed by atoms with Gasteiger partial charge in [-0.2, -0.15) is 9.98 Å². The van der Waals surface area contributed by atoms with Crippen molar-refractivity contribution >= 4 is 38.1 Å². The minimum atomic E-state index is -4.04. The molecule has 2 aliphatic rings. The molecule has 0 spiro atoms. The summed E-state index contributed by atoms with van der Waals surface area (Å²) in [5.74, 6) is 0. The predicted molar refractivity (Wildman–Crippen MR) is 122 cm³/mol. The standard InChI is InChI=1S/C20H22F2N8O2S2/c1-11-7-29(8-12(2)25-11)14-5-13(34(31,32)28-20(9-23)3-4-20)6-15-16(14)24-10-30(15)19-27-26-18(33-19)17(21)22/h5-6,10-12,17,25,28H,3-4,7-8H2,1-2H3/t11-,12+. The van der Waals surface area contributed by atoms with Crippen molar-refractivity contribution in [1.29, 1.82) is 5.26 Å². The second-order valence-electron chi connectivity index (χ2n) is 8.82. The lowest BCUT2D eigenvalue weighted by Gasteiger charge is -2.37. The zero-order chi connectivity index (χ0) is 24.3. The molecule has 0 unspecified atom stereocenters. The number of rotatable bonds is 6. The molecule has 0 bridgehead atoms. The SMILES string of the molecule is C[C@@H]1CN(c2cc(S(=O)(=O)NC3(C#N)CC3)cc3c2ncn3-c2nnc(C(F)F)s2)C[C@H](C)N1. The van der Waals surface area contributed by atoms with Gasteiger partial charge >= 0.3 is 0 Å². The van der Waals surface area contributed by atoms with E-state index in [9.17, 15) is 22.5 Å². The molecule has 1 aliphatic heterocycles. The summed E-state index contributed by atoms with van der Waals surface area (Å²) in [5, 5.41) is 19.9. The van der Waals surface area contributed by atoms with E-state index in [1.807, 2.05) is 19.9 Å². The Morgan fingerprint density at radius 2 is 1.97 bits per heavy atom. The highest BCUT2D eigenvalue weighted by Crippen LogP contribution is 2.38. The molecule has 1 saturated heterocycles. The monoisotopic (exact) mass is 508 g/mol. The summed E-state index contributed by atoms with van der Waals surface area (Å²) in [6.07, 6.45) is -0.435. The maximum Gasteiger partial charge on any atom is 0.291 e. The second-order valence-corrected chi connectivity index (χ2v) is 11.5. The molecular weight excluding hydrogens is 486 g/mol. The summed E-state index contributed by atoms with van der Waals surface area (Å²) in [5.41, 5.74) is 0.445. The van der Waals surface area contributed by atoms with E-state index in [-0.39, 0.29) is 22.1 Å². The molecule has 1 aliphatic carbocycles. The van der Waals surface area contributed by atoms with E-state index < -0.39 is 27.0 Å². The number of imidazole rings is 1. The first-order valence-electron chi connectivity index (χ1n) is 10.7. The van der Waals surface area contributed by atoms with Crippen LogP contribution >= 0.6 is 11.3 Å². The van der Waals surface area contributed by atoms with E-state index in [1.165, 1.54) is 17.0 Å². The van der Waals surface area contributed by atoms with Gasteiger partial charge in [0.25, 0.3) is 6.43 Å². The van der Waals surface area contributed by atoms with Crippen LogP contribution in [0.3, 0.4) is 0 Å². The summed E-state index contributed by atoms with van der Waals surface area (Å²) in [6, 6.07) is 5.34. The summed E-state index contributed by atoms with van der Waals surface area (Å²) >= 11 is 0.712. The van der Waals surface area contributed by atoms with Crippen LogP contribution in [0.4, 0.5) is 14.5 Å². The van der Waals surface area contributed by atoms with Crippen molar-refractivity contribution in [2.75, 3.05) is 18.0 Å². The molecule has 2 atom stereocenters. The third kappa shape index (κ3) is 4.13. The van der Waals surface area contributed by atoms with Gasteiger partial charge in [-0.25, -0.2) is 22.2 Å². The number of nitriles is 1. The highest BCUT2D eigenvalue weighted by atomic mass is 32.2. The van der Waals surface area contributed by atoms with Crippen molar-refractivity contribution in [3.05, 3.63) is 23.5 Å². The van der Waals surface area contributed by atoms with Gasteiger partial charge in [-0.1, -0.05) is 11.3 Å². The number of halogens is 2. The minimum Gasteiger partial charge on any atom is -0.367 e.